The van der Waals surface area contributed by atoms with E-state index in [4.69, 9.17) is 0 Å². The van der Waals surface area contributed by atoms with Crippen LogP contribution in [0.5, 0.6) is 0 Å². The first kappa shape index (κ1) is 23.3. The summed E-state index contributed by atoms with van der Waals surface area (Å²) in [5, 5.41) is 2.84. The van der Waals surface area contributed by atoms with Gasteiger partial charge in [0.15, 0.2) is 0 Å². The fourth-order valence-corrected chi connectivity index (χ4v) is 1.25. The van der Waals surface area contributed by atoms with Crippen molar-refractivity contribution in [2.75, 3.05) is 6.54 Å². The topological polar surface area (TPSA) is 29.1 Å². The maximum absolute atomic E-state index is 11.4. The minimum atomic E-state index is 0. The summed E-state index contributed by atoms with van der Waals surface area (Å²) in [5.74, 6) is 0.0810. The molecule has 0 saturated carbocycles. The molecule has 0 spiro atoms. The molecule has 1 amide bonds. The molecule has 0 aliphatic carbocycles. The van der Waals surface area contributed by atoms with Gasteiger partial charge >= 0.3 is 0 Å². The number of rotatable bonds is 4. The number of carbonyl (C=O) groups excluding carboxylic acids is 1. The fraction of sp³-hybridized carbons (Fsp3) is 0.500. The minimum Gasteiger partial charge on any atom is -0.356 e. The average molecular weight is 436 g/mol. The van der Waals surface area contributed by atoms with E-state index in [9.17, 15) is 4.79 Å². The van der Waals surface area contributed by atoms with E-state index >= 15 is 0 Å². The Morgan fingerprint density at radius 1 is 1.26 bits per heavy atom. The molecule has 1 aromatic carbocycles. The smallest absolute Gasteiger partial charge is 0.223 e. The van der Waals surface area contributed by atoms with Crippen molar-refractivity contribution in [1.29, 1.82) is 0 Å². The molecule has 112 valence electrons. The Kier molecular flexibility index (Phi) is 21.2. The third-order valence-corrected chi connectivity index (χ3v) is 1.93. The number of benzene rings is 1. The molecule has 0 saturated heterocycles. The van der Waals surface area contributed by atoms with Crippen molar-refractivity contribution in [3.05, 3.63) is 42.3 Å². The molecule has 0 heterocycles. The number of hydrogen-bond donors (Lipinski definition) is 1. The van der Waals surface area contributed by atoms with Crippen LogP contribution in [0.15, 0.2) is 24.3 Å². The van der Waals surface area contributed by atoms with Crippen LogP contribution in [0.2, 0.25) is 0 Å². The molecule has 1 rings (SSSR count). The minimum absolute atomic E-state index is 0. The van der Waals surface area contributed by atoms with Crippen LogP contribution < -0.4 is 5.32 Å². The van der Waals surface area contributed by atoms with Crippen LogP contribution in [0.25, 0.3) is 0 Å². The molecule has 0 unspecified atom stereocenters. The maximum Gasteiger partial charge on any atom is 0.223 e. The second-order valence-corrected chi connectivity index (χ2v) is 3.35. The van der Waals surface area contributed by atoms with E-state index in [1.165, 1.54) is 0 Å². The van der Waals surface area contributed by atoms with Gasteiger partial charge in [-0.1, -0.05) is 46.2 Å². The second-order valence-electron chi connectivity index (χ2n) is 3.35. The molecule has 19 heavy (non-hydrogen) atoms. The SMILES string of the molecule is CC.CC.[CH2-]c1cccc(CC(=O)NCCC)c1.[HH].[W]. The summed E-state index contributed by atoms with van der Waals surface area (Å²) in [6.45, 7) is 14.6. The largest absolute Gasteiger partial charge is 0.356 e. The molecule has 0 aromatic heterocycles. The number of hydrogen-bond acceptors (Lipinski definition) is 1. The Morgan fingerprint density at radius 3 is 2.32 bits per heavy atom. The van der Waals surface area contributed by atoms with Crippen molar-refractivity contribution in [2.24, 2.45) is 0 Å². The molecule has 0 aliphatic heterocycles. The third kappa shape index (κ3) is 13.5. The van der Waals surface area contributed by atoms with Crippen LogP contribution in [-0.4, -0.2) is 12.5 Å². The molecule has 0 radical (unpaired) electrons. The van der Waals surface area contributed by atoms with Gasteiger partial charge in [-0.3, -0.25) is 4.79 Å². The summed E-state index contributed by atoms with van der Waals surface area (Å²) in [7, 11) is 0. The third-order valence-electron chi connectivity index (χ3n) is 1.93. The Balaban J connectivity index is -0.000000196. The molecule has 1 aromatic rings. The Hall–Kier alpha value is -0.752. The molecule has 2 nitrogen and oxygen atoms in total. The van der Waals surface area contributed by atoms with Crippen LogP contribution in [0.1, 0.15) is 53.6 Å². The van der Waals surface area contributed by atoms with Crippen molar-refractivity contribution in [3.8, 4) is 0 Å². The van der Waals surface area contributed by atoms with Gasteiger partial charge in [-0.2, -0.15) is 24.6 Å². The number of nitrogens with one attached hydrogen (secondary N) is 1. The summed E-state index contributed by atoms with van der Waals surface area (Å²) in [6.07, 6.45) is 1.42. The van der Waals surface area contributed by atoms with Crippen molar-refractivity contribution in [3.63, 3.8) is 0 Å². The van der Waals surface area contributed by atoms with Crippen LogP contribution in [0.4, 0.5) is 0 Å². The predicted molar refractivity (Wildman–Crippen MR) is 82.7 cm³/mol. The van der Waals surface area contributed by atoms with Gasteiger partial charge in [0.1, 0.15) is 0 Å². The van der Waals surface area contributed by atoms with Crippen molar-refractivity contribution in [2.45, 2.75) is 47.5 Å². The molecule has 0 atom stereocenters. The normalized spacial score (nSPS) is 7.84. The quantitative estimate of drug-likeness (QED) is 0.704. The van der Waals surface area contributed by atoms with Gasteiger partial charge in [-0.05, 0) is 6.42 Å². The molecular formula is C16H30NOW-. The van der Waals surface area contributed by atoms with Gasteiger partial charge in [-0.15, -0.1) is 6.07 Å². The molecule has 0 fully saturated rings. The summed E-state index contributed by atoms with van der Waals surface area (Å²) >= 11 is 0. The van der Waals surface area contributed by atoms with Gasteiger partial charge in [0.05, 0.1) is 0 Å². The van der Waals surface area contributed by atoms with Gasteiger partial charge in [-0.25, -0.2) is 0 Å². The molecule has 1 N–H and O–H groups in total. The van der Waals surface area contributed by atoms with E-state index in [0.29, 0.717) is 6.42 Å². The van der Waals surface area contributed by atoms with Crippen molar-refractivity contribution < 1.29 is 27.3 Å². The van der Waals surface area contributed by atoms with E-state index in [0.717, 1.165) is 24.1 Å². The zero-order chi connectivity index (χ0) is 14.4. The molecular weight excluding hydrogens is 406 g/mol. The Morgan fingerprint density at radius 2 is 1.84 bits per heavy atom. The molecule has 3 heteroatoms. The van der Waals surface area contributed by atoms with Gasteiger partial charge in [0.25, 0.3) is 0 Å². The van der Waals surface area contributed by atoms with E-state index in [1.54, 1.807) is 0 Å². The van der Waals surface area contributed by atoms with Crippen molar-refractivity contribution in [1.82, 2.24) is 5.32 Å². The second kappa shape index (κ2) is 17.2. The maximum atomic E-state index is 11.4. The average Bonchev–Trinajstić information content (AvgIpc) is 2.41. The van der Waals surface area contributed by atoms with E-state index in [1.807, 2.05) is 58.9 Å². The van der Waals surface area contributed by atoms with Gasteiger partial charge < -0.3 is 5.32 Å². The number of carbonyl (C=O) groups is 1. The van der Waals surface area contributed by atoms with E-state index in [2.05, 4.69) is 12.2 Å². The van der Waals surface area contributed by atoms with Crippen LogP contribution in [-0.2, 0) is 32.3 Å². The monoisotopic (exact) mass is 436 g/mol. The zero-order valence-electron chi connectivity index (χ0n) is 13.0. The Bertz CT molecular complexity index is 319. The summed E-state index contributed by atoms with van der Waals surface area (Å²) in [6, 6.07) is 7.73. The number of amides is 1. The van der Waals surface area contributed by atoms with E-state index < -0.39 is 0 Å². The fourth-order valence-electron chi connectivity index (χ4n) is 1.25. The van der Waals surface area contributed by atoms with Crippen molar-refractivity contribution >= 4 is 5.91 Å². The van der Waals surface area contributed by atoms with Crippen LogP contribution in [0.3, 0.4) is 0 Å². The van der Waals surface area contributed by atoms with Crippen LogP contribution >= 0.6 is 0 Å². The summed E-state index contributed by atoms with van der Waals surface area (Å²) in [4.78, 5) is 11.4. The predicted octanol–water partition coefficient (Wildman–Crippen LogP) is 4.23. The van der Waals surface area contributed by atoms with Gasteiger partial charge in [0.2, 0.25) is 5.91 Å². The van der Waals surface area contributed by atoms with E-state index in [-0.39, 0.29) is 28.4 Å². The molecule has 0 aliphatic rings. The van der Waals surface area contributed by atoms with Gasteiger partial charge in [0, 0.05) is 35.5 Å². The summed E-state index contributed by atoms with van der Waals surface area (Å²) in [5.41, 5.74) is 1.97. The zero-order valence-corrected chi connectivity index (χ0v) is 15.9. The molecule has 0 bridgehead atoms. The first-order valence-electron chi connectivity index (χ1n) is 6.90. The Labute approximate surface area is 135 Å². The summed E-state index contributed by atoms with van der Waals surface area (Å²) < 4.78 is 0. The standard InChI is InChI=1S/C12H16NO.2C2H6.W.H2/c1-3-7-13-12(14)9-11-6-4-5-10(2)8-11;2*1-2;;/h4-6,8H,2-3,7,9H2,1H3,(H,13,14);2*1-2H3;;1H/q-1;;;;. The first-order chi connectivity index (χ1) is 8.72. The first-order valence-corrected chi connectivity index (χ1v) is 6.90. The van der Waals surface area contributed by atoms with Crippen LogP contribution in [0, 0.1) is 6.92 Å².